The first-order chi connectivity index (χ1) is 6.66. The first-order valence-electron chi connectivity index (χ1n) is 4.61. The van der Waals surface area contributed by atoms with Crippen LogP contribution in [0.15, 0.2) is 23.6 Å². The van der Waals surface area contributed by atoms with Crippen molar-refractivity contribution in [2.24, 2.45) is 5.73 Å². The number of hydrogen-bond acceptors (Lipinski definition) is 3. The molecule has 0 aliphatic carbocycles. The van der Waals surface area contributed by atoms with Gasteiger partial charge in [0, 0.05) is 10.7 Å². The van der Waals surface area contributed by atoms with Crippen molar-refractivity contribution < 1.29 is 5.11 Å². The average molecular weight is 207 g/mol. The molecule has 2 rings (SSSR count). The van der Waals surface area contributed by atoms with Crippen LogP contribution in [0.4, 0.5) is 0 Å². The molecule has 74 valence electrons. The Bertz CT molecular complexity index is 447. The monoisotopic (exact) mass is 207 g/mol. The summed E-state index contributed by atoms with van der Waals surface area (Å²) in [7, 11) is 0. The number of hydrogen-bond donors (Lipinski definition) is 2. The maximum Gasteiger partial charge on any atom is 0.117 e. The van der Waals surface area contributed by atoms with Gasteiger partial charge in [0.05, 0.1) is 0 Å². The molecule has 0 bridgehead atoms. The Kier molecular flexibility index (Phi) is 2.44. The molecule has 3 N–H and O–H groups in total. The molecule has 1 unspecified atom stereocenters. The summed E-state index contributed by atoms with van der Waals surface area (Å²) in [5, 5.41) is 12.6. The summed E-state index contributed by atoms with van der Waals surface area (Å²) in [5.74, 6) is 0.326. The van der Waals surface area contributed by atoms with Crippen LogP contribution < -0.4 is 5.73 Å². The van der Waals surface area contributed by atoms with Gasteiger partial charge < -0.3 is 10.8 Å². The van der Waals surface area contributed by atoms with Crippen molar-refractivity contribution in [2.45, 2.75) is 19.4 Å². The third-order valence-corrected chi connectivity index (χ3v) is 3.18. The lowest BCUT2D eigenvalue weighted by Crippen LogP contribution is -2.17. The zero-order chi connectivity index (χ0) is 10.1. The number of phenols is 1. The molecule has 3 heteroatoms. The molecule has 1 aromatic carbocycles. The van der Waals surface area contributed by atoms with Gasteiger partial charge in [0.25, 0.3) is 0 Å². The normalized spacial score (nSPS) is 13.3. The van der Waals surface area contributed by atoms with Gasteiger partial charge in [0.15, 0.2) is 0 Å². The van der Waals surface area contributed by atoms with Crippen LogP contribution >= 0.6 is 11.3 Å². The van der Waals surface area contributed by atoms with Crippen molar-refractivity contribution in [1.29, 1.82) is 0 Å². The maximum atomic E-state index is 9.30. The lowest BCUT2D eigenvalue weighted by Gasteiger charge is -2.03. The molecule has 1 heterocycles. The SMILES string of the molecule is CC(N)Cc1csc2cc(O)ccc12. The van der Waals surface area contributed by atoms with Crippen LogP contribution in [-0.4, -0.2) is 11.1 Å². The standard InChI is InChI=1S/C11H13NOS/c1-7(12)4-8-6-14-11-5-9(13)2-3-10(8)11/h2-3,5-7,13H,4,12H2,1H3. The summed E-state index contributed by atoms with van der Waals surface area (Å²) in [6, 6.07) is 5.66. The molecule has 0 saturated carbocycles. The van der Waals surface area contributed by atoms with Crippen LogP contribution in [0, 0.1) is 0 Å². The molecule has 0 spiro atoms. The van der Waals surface area contributed by atoms with Gasteiger partial charge in [-0.1, -0.05) is 0 Å². The molecular formula is C11H13NOS. The van der Waals surface area contributed by atoms with Gasteiger partial charge in [-0.25, -0.2) is 0 Å². The predicted molar refractivity (Wildman–Crippen MR) is 60.8 cm³/mol. The number of thiophene rings is 1. The third kappa shape index (κ3) is 1.74. The second kappa shape index (κ2) is 3.59. The van der Waals surface area contributed by atoms with E-state index in [1.54, 1.807) is 23.5 Å². The Morgan fingerprint density at radius 2 is 2.29 bits per heavy atom. The fraction of sp³-hybridized carbons (Fsp3) is 0.273. The maximum absolute atomic E-state index is 9.30. The molecule has 2 nitrogen and oxygen atoms in total. The van der Waals surface area contributed by atoms with Gasteiger partial charge in [-0.15, -0.1) is 11.3 Å². The molecular weight excluding hydrogens is 194 g/mol. The Morgan fingerprint density at radius 1 is 1.50 bits per heavy atom. The molecule has 2 aromatic rings. The Hall–Kier alpha value is -1.06. The molecule has 0 aliphatic rings. The van der Waals surface area contributed by atoms with Crippen LogP contribution in [0.25, 0.3) is 10.1 Å². The van der Waals surface area contributed by atoms with Crippen molar-refractivity contribution in [3.05, 3.63) is 29.1 Å². The summed E-state index contributed by atoms with van der Waals surface area (Å²) in [6.07, 6.45) is 0.894. The largest absolute Gasteiger partial charge is 0.508 e. The number of phenolic OH excluding ortho intramolecular Hbond substituents is 1. The first kappa shape index (κ1) is 9.49. The van der Waals surface area contributed by atoms with Crippen LogP contribution in [0.1, 0.15) is 12.5 Å². The minimum atomic E-state index is 0.182. The molecule has 0 saturated heterocycles. The van der Waals surface area contributed by atoms with Crippen molar-refractivity contribution in [3.8, 4) is 5.75 Å². The van der Waals surface area contributed by atoms with Crippen molar-refractivity contribution in [3.63, 3.8) is 0 Å². The van der Waals surface area contributed by atoms with Gasteiger partial charge in [0.1, 0.15) is 5.75 Å². The summed E-state index contributed by atoms with van der Waals surface area (Å²) in [4.78, 5) is 0. The molecule has 0 aliphatic heterocycles. The number of nitrogens with two attached hydrogens (primary N) is 1. The summed E-state index contributed by atoms with van der Waals surface area (Å²) in [5.41, 5.74) is 7.04. The summed E-state index contributed by atoms with van der Waals surface area (Å²) < 4.78 is 1.13. The minimum absolute atomic E-state index is 0.182. The van der Waals surface area contributed by atoms with Gasteiger partial charge >= 0.3 is 0 Å². The van der Waals surface area contributed by atoms with E-state index in [4.69, 9.17) is 5.73 Å². The molecule has 14 heavy (non-hydrogen) atoms. The quantitative estimate of drug-likeness (QED) is 0.794. The summed E-state index contributed by atoms with van der Waals surface area (Å²) >= 11 is 1.65. The molecule has 0 radical (unpaired) electrons. The van der Waals surface area contributed by atoms with E-state index in [1.807, 2.05) is 13.0 Å². The predicted octanol–water partition coefficient (Wildman–Crippen LogP) is 2.50. The Labute approximate surface area is 87.0 Å². The number of fused-ring (bicyclic) bond motifs is 1. The highest BCUT2D eigenvalue weighted by atomic mass is 32.1. The van der Waals surface area contributed by atoms with Crippen LogP contribution in [0.5, 0.6) is 5.75 Å². The highest BCUT2D eigenvalue weighted by Crippen LogP contribution is 2.29. The van der Waals surface area contributed by atoms with Crippen molar-refractivity contribution >= 4 is 21.4 Å². The van der Waals surface area contributed by atoms with Crippen molar-refractivity contribution in [1.82, 2.24) is 0 Å². The molecule has 1 aromatic heterocycles. The first-order valence-corrected chi connectivity index (χ1v) is 5.49. The average Bonchev–Trinajstić information content (AvgIpc) is 2.47. The van der Waals surface area contributed by atoms with Crippen LogP contribution in [-0.2, 0) is 6.42 Å². The third-order valence-electron chi connectivity index (χ3n) is 2.18. The number of benzene rings is 1. The van der Waals surface area contributed by atoms with Gasteiger partial charge in [-0.2, -0.15) is 0 Å². The fourth-order valence-corrected chi connectivity index (χ4v) is 2.58. The lowest BCUT2D eigenvalue weighted by molar-refractivity contribution is 0.476. The van der Waals surface area contributed by atoms with Crippen molar-refractivity contribution in [2.75, 3.05) is 0 Å². The zero-order valence-corrected chi connectivity index (χ0v) is 8.84. The summed E-state index contributed by atoms with van der Waals surface area (Å²) in [6.45, 7) is 2.00. The van der Waals surface area contributed by atoms with E-state index in [1.165, 1.54) is 10.9 Å². The molecule has 0 amide bonds. The molecule has 0 fully saturated rings. The Balaban J connectivity index is 2.47. The van der Waals surface area contributed by atoms with Gasteiger partial charge in [0.2, 0.25) is 0 Å². The number of aromatic hydroxyl groups is 1. The molecule has 1 atom stereocenters. The highest BCUT2D eigenvalue weighted by Gasteiger charge is 2.06. The van der Waals surface area contributed by atoms with E-state index in [2.05, 4.69) is 5.38 Å². The smallest absolute Gasteiger partial charge is 0.117 e. The van der Waals surface area contributed by atoms with E-state index < -0.39 is 0 Å². The van der Waals surface area contributed by atoms with E-state index in [-0.39, 0.29) is 6.04 Å². The minimum Gasteiger partial charge on any atom is -0.508 e. The van der Waals surface area contributed by atoms with Gasteiger partial charge in [-0.05, 0) is 47.9 Å². The second-order valence-electron chi connectivity index (χ2n) is 3.62. The number of rotatable bonds is 2. The van der Waals surface area contributed by atoms with E-state index >= 15 is 0 Å². The Morgan fingerprint density at radius 3 is 3.00 bits per heavy atom. The topological polar surface area (TPSA) is 46.2 Å². The zero-order valence-electron chi connectivity index (χ0n) is 8.03. The van der Waals surface area contributed by atoms with E-state index in [9.17, 15) is 5.11 Å². The van der Waals surface area contributed by atoms with Crippen LogP contribution in [0.2, 0.25) is 0 Å². The fourth-order valence-electron chi connectivity index (χ4n) is 1.58. The second-order valence-corrected chi connectivity index (χ2v) is 4.53. The van der Waals surface area contributed by atoms with Crippen LogP contribution in [0.3, 0.4) is 0 Å². The van der Waals surface area contributed by atoms with E-state index in [0.717, 1.165) is 11.1 Å². The van der Waals surface area contributed by atoms with E-state index in [0.29, 0.717) is 5.75 Å². The lowest BCUT2D eigenvalue weighted by atomic mass is 10.1. The van der Waals surface area contributed by atoms with Gasteiger partial charge in [-0.3, -0.25) is 0 Å². The highest BCUT2D eigenvalue weighted by molar-refractivity contribution is 7.17.